The normalized spacial score (nSPS) is 29.6. The van der Waals surface area contributed by atoms with E-state index in [1.807, 2.05) is 0 Å². The molecule has 7 amide bonds. The van der Waals surface area contributed by atoms with E-state index in [2.05, 4.69) is 17.6 Å². The Hall–Kier alpha value is -2.65. The highest BCUT2D eigenvalue weighted by atomic mass is 16.2. The number of nitrogens with one attached hydrogen (secondary N) is 2. The van der Waals surface area contributed by atoms with E-state index in [1.54, 1.807) is 28.5 Å². The molecule has 40 heavy (non-hydrogen) atoms. The number of imide groups is 2. The summed E-state index contributed by atoms with van der Waals surface area (Å²) in [5.41, 5.74) is -2.33. The molecule has 0 spiro atoms. The molecule has 4 fully saturated rings. The van der Waals surface area contributed by atoms with E-state index < -0.39 is 46.8 Å². The zero-order chi connectivity index (χ0) is 28.9. The summed E-state index contributed by atoms with van der Waals surface area (Å²) in [7, 11) is 0. The number of carbonyl (C=O) groups is 5. The number of hydrogen-bond acceptors (Lipinski definition) is 5. The zero-order valence-corrected chi connectivity index (χ0v) is 24.8. The van der Waals surface area contributed by atoms with E-state index in [1.165, 1.54) is 64.2 Å². The van der Waals surface area contributed by atoms with Gasteiger partial charge in [-0.25, -0.2) is 9.59 Å². The van der Waals surface area contributed by atoms with Gasteiger partial charge < -0.3 is 14.7 Å². The molecule has 4 aliphatic rings. The third kappa shape index (κ3) is 5.47. The summed E-state index contributed by atoms with van der Waals surface area (Å²) in [6.45, 7) is 6.81. The average molecular weight is 560 g/mol. The van der Waals surface area contributed by atoms with Gasteiger partial charge in [0, 0.05) is 32.6 Å². The van der Waals surface area contributed by atoms with Gasteiger partial charge in [0.2, 0.25) is 17.7 Å². The summed E-state index contributed by atoms with van der Waals surface area (Å²) in [5.74, 6) is -0.960. The molecule has 0 aromatic rings. The maximum atomic E-state index is 13.2. The van der Waals surface area contributed by atoms with E-state index in [9.17, 15) is 24.0 Å². The van der Waals surface area contributed by atoms with Crippen molar-refractivity contribution in [3.63, 3.8) is 0 Å². The first kappa shape index (κ1) is 30.3. The average Bonchev–Trinajstić information content (AvgIpc) is 3.01. The summed E-state index contributed by atoms with van der Waals surface area (Å²) in [6, 6.07) is -2.27. The van der Waals surface area contributed by atoms with Crippen molar-refractivity contribution in [1.82, 2.24) is 25.3 Å². The Balaban J connectivity index is 1.25. The monoisotopic (exact) mass is 559 g/mol. The lowest BCUT2D eigenvalue weighted by molar-refractivity contribution is -0.212. The molecule has 0 radical (unpaired) electrons. The molecule has 4 unspecified atom stereocenters. The number of amides is 7. The quantitative estimate of drug-likeness (QED) is 0.310. The Labute approximate surface area is 238 Å². The van der Waals surface area contributed by atoms with Gasteiger partial charge in [0.1, 0.15) is 0 Å². The van der Waals surface area contributed by atoms with Gasteiger partial charge in [0.05, 0.1) is 22.9 Å². The molecule has 10 nitrogen and oxygen atoms in total. The van der Waals surface area contributed by atoms with Crippen LogP contribution in [0.5, 0.6) is 0 Å². The van der Waals surface area contributed by atoms with Crippen molar-refractivity contribution in [2.75, 3.05) is 26.2 Å². The maximum absolute atomic E-state index is 13.2. The molecule has 3 heterocycles. The van der Waals surface area contributed by atoms with E-state index >= 15 is 0 Å². The molecule has 0 aromatic carbocycles. The molecule has 0 bridgehead atoms. The fraction of sp³-hybridized carbons (Fsp3) is 0.833. The van der Waals surface area contributed by atoms with E-state index in [0.717, 1.165) is 19.3 Å². The van der Waals surface area contributed by atoms with Crippen LogP contribution in [0, 0.1) is 10.8 Å². The van der Waals surface area contributed by atoms with Gasteiger partial charge in [-0.05, 0) is 20.3 Å². The van der Waals surface area contributed by atoms with Crippen LogP contribution in [0.25, 0.3) is 0 Å². The second-order valence-corrected chi connectivity index (χ2v) is 12.6. The number of nitrogens with zero attached hydrogens (tertiary/aromatic N) is 3. The van der Waals surface area contributed by atoms with Gasteiger partial charge in [-0.3, -0.25) is 25.0 Å². The molecule has 3 aliphatic heterocycles. The van der Waals surface area contributed by atoms with Crippen molar-refractivity contribution in [2.24, 2.45) is 10.8 Å². The van der Waals surface area contributed by atoms with Gasteiger partial charge in [-0.1, -0.05) is 84.0 Å². The number of hydrogen-bond donors (Lipinski definition) is 2. The van der Waals surface area contributed by atoms with Crippen molar-refractivity contribution in [1.29, 1.82) is 0 Å². The lowest BCUT2D eigenvalue weighted by Crippen LogP contribution is -2.91. The number of unbranched alkanes of at least 4 members (excludes halogenated alkanes) is 12. The number of fused-ring (bicyclic) bond motifs is 1. The highest BCUT2D eigenvalue weighted by Crippen LogP contribution is 2.63. The summed E-state index contributed by atoms with van der Waals surface area (Å²) in [6.07, 6.45) is 16.6. The Morgan fingerprint density at radius 2 is 1.02 bits per heavy atom. The highest BCUT2D eigenvalue weighted by molar-refractivity contribution is 6.10. The minimum Gasteiger partial charge on any atom is -0.339 e. The van der Waals surface area contributed by atoms with Crippen molar-refractivity contribution >= 4 is 29.8 Å². The minimum absolute atomic E-state index is 0.0184. The maximum Gasteiger partial charge on any atom is 0.324 e. The second kappa shape index (κ2) is 12.9. The predicted octanol–water partition coefficient (Wildman–Crippen LogP) is 4.18. The van der Waals surface area contributed by atoms with Crippen LogP contribution in [0.3, 0.4) is 0 Å². The van der Waals surface area contributed by atoms with Crippen LogP contribution in [0.1, 0.15) is 111 Å². The summed E-state index contributed by atoms with van der Waals surface area (Å²) in [4.78, 5) is 69.8. The number of urea groups is 2. The largest absolute Gasteiger partial charge is 0.339 e. The van der Waals surface area contributed by atoms with Crippen LogP contribution in [0.4, 0.5) is 9.59 Å². The first-order valence-corrected chi connectivity index (χ1v) is 15.7. The fourth-order valence-electron chi connectivity index (χ4n) is 7.46. The predicted molar refractivity (Wildman–Crippen MR) is 151 cm³/mol. The second-order valence-electron chi connectivity index (χ2n) is 12.6. The minimum atomic E-state index is -1.16. The smallest absolute Gasteiger partial charge is 0.324 e. The lowest BCUT2D eigenvalue weighted by atomic mass is 9.42. The summed E-state index contributed by atoms with van der Waals surface area (Å²) in [5, 5.41) is 4.84. The number of carbonyl (C=O) groups excluding carboxylic acids is 5. The van der Waals surface area contributed by atoms with Gasteiger partial charge in [0.15, 0.2) is 0 Å². The first-order valence-electron chi connectivity index (χ1n) is 15.7. The third-order valence-corrected chi connectivity index (χ3v) is 10.2. The molecule has 2 N–H and O–H groups in total. The van der Waals surface area contributed by atoms with Crippen LogP contribution in [-0.4, -0.2) is 82.7 Å². The van der Waals surface area contributed by atoms with Crippen molar-refractivity contribution in [2.45, 2.75) is 123 Å². The molecule has 3 saturated heterocycles. The first-order chi connectivity index (χ1) is 19.2. The van der Waals surface area contributed by atoms with Crippen LogP contribution in [-0.2, 0) is 14.4 Å². The Morgan fingerprint density at radius 3 is 1.43 bits per heavy atom. The van der Waals surface area contributed by atoms with Crippen LogP contribution >= 0.6 is 0 Å². The van der Waals surface area contributed by atoms with Crippen molar-refractivity contribution in [3.05, 3.63) is 0 Å². The molecule has 224 valence electrons. The standard InChI is InChI=1S/C30H49N5O5/c1-4-5-6-7-8-9-10-11-12-13-14-15-16-17-22(36)33-18-20-34-23-24-30(3,29(23,2)25(37)31-27(34)39)26(38)32-28(40)35(24)21-19-33/h23-24H,4-21H2,1-3H3,(H,31,37,39)(H,32,38,40). The van der Waals surface area contributed by atoms with Crippen molar-refractivity contribution < 1.29 is 24.0 Å². The topological polar surface area (TPSA) is 119 Å². The Bertz CT molecular complexity index is 932. The molecular weight excluding hydrogens is 510 g/mol. The van der Waals surface area contributed by atoms with Gasteiger partial charge in [0.25, 0.3) is 0 Å². The molecule has 1 aliphatic carbocycles. The lowest BCUT2D eigenvalue weighted by Gasteiger charge is -2.71. The van der Waals surface area contributed by atoms with Crippen molar-refractivity contribution in [3.8, 4) is 0 Å². The SMILES string of the molecule is CCCCCCCCCCCCCCCC(=O)N1CCN2C(=O)NC(=O)C3(C)C2C2N(CC1)C(=O)NC(=O)C23C. The van der Waals surface area contributed by atoms with Gasteiger partial charge in [-0.15, -0.1) is 0 Å². The van der Waals surface area contributed by atoms with E-state index in [0.29, 0.717) is 19.5 Å². The molecule has 0 aromatic heterocycles. The number of rotatable bonds is 14. The Morgan fingerprint density at radius 1 is 0.650 bits per heavy atom. The van der Waals surface area contributed by atoms with Crippen LogP contribution in [0.2, 0.25) is 0 Å². The fourth-order valence-corrected chi connectivity index (χ4v) is 7.46. The van der Waals surface area contributed by atoms with Gasteiger partial charge >= 0.3 is 12.1 Å². The molecule has 10 heteroatoms. The third-order valence-electron chi connectivity index (χ3n) is 10.2. The molecule has 1 saturated carbocycles. The zero-order valence-electron chi connectivity index (χ0n) is 24.8. The molecular formula is C30H49N5O5. The van der Waals surface area contributed by atoms with Gasteiger partial charge in [-0.2, -0.15) is 0 Å². The molecule has 4 rings (SSSR count). The highest BCUT2D eigenvalue weighted by Gasteiger charge is 2.80. The Kier molecular flexibility index (Phi) is 9.77. The van der Waals surface area contributed by atoms with E-state index in [-0.39, 0.29) is 19.0 Å². The molecule has 4 atom stereocenters. The summed E-state index contributed by atoms with van der Waals surface area (Å²) < 4.78 is 0. The van der Waals surface area contributed by atoms with Crippen LogP contribution < -0.4 is 10.6 Å². The van der Waals surface area contributed by atoms with E-state index in [4.69, 9.17) is 0 Å². The summed E-state index contributed by atoms with van der Waals surface area (Å²) >= 11 is 0. The van der Waals surface area contributed by atoms with Crippen LogP contribution in [0.15, 0.2) is 0 Å².